The lowest BCUT2D eigenvalue weighted by Gasteiger charge is -2.22. The SMILES string of the molecule is CC1(O)CCCN(CCCCS)CC1. The first-order valence-corrected chi connectivity index (χ1v) is 6.33. The fraction of sp³-hybridized carbons (Fsp3) is 1.00. The van der Waals surface area contributed by atoms with E-state index >= 15 is 0 Å². The molecule has 0 radical (unpaired) electrons. The highest BCUT2D eigenvalue weighted by atomic mass is 32.1. The van der Waals surface area contributed by atoms with E-state index in [1.165, 1.54) is 19.4 Å². The number of unbranched alkanes of at least 4 members (excludes halogenated alkanes) is 1. The van der Waals surface area contributed by atoms with E-state index in [9.17, 15) is 5.11 Å². The van der Waals surface area contributed by atoms with Gasteiger partial charge in [0.25, 0.3) is 0 Å². The number of likely N-dealkylation sites (tertiary alicyclic amines) is 1. The third-order valence-corrected chi connectivity index (χ3v) is 3.35. The molecule has 0 aromatic heterocycles. The molecule has 0 aromatic carbocycles. The maximum absolute atomic E-state index is 9.90. The van der Waals surface area contributed by atoms with Gasteiger partial charge in [-0.3, -0.25) is 0 Å². The Bertz CT molecular complexity index is 161. The first-order valence-electron chi connectivity index (χ1n) is 5.70. The summed E-state index contributed by atoms with van der Waals surface area (Å²) in [6, 6.07) is 0. The second-order valence-corrected chi connectivity index (χ2v) is 5.07. The average molecular weight is 217 g/mol. The fourth-order valence-electron chi connectivity index (χ4n) is 1.99. The first kappa shape index (κ1) is 12.3. The highest BCUT2D eigenvalue weighted by Gasteiger charge is 2.24. The Hall–Kier alpha value is 0.270. The standard InChI is InChI=1S/C11H23NOS/c1-11(13)5-4-8-12(9-6-11)7-2-3-10-14/h13-14H,2-10H2,1H3. The van der Waals surface area contributed by atoms with Gasteiger partial charge in [0.15, 0.2) is 0 Å². The zero-order valence-electron chi connectivity index (χ0n) is 9.21. The molecule has 2 nitrogen and oxygen atoms in total. The molecule has 1 N–H and O–H groups in total. The van der Waals surface area contributed by atoms with Gasteiger partial charge in [0.2, 0.25) is 0 Å². The molecule has 1 fully saturated rings. The monoisotopic (exact) mass is 217 g/mol. The summed E-state index contributed by atoms with van der Waals surface area (Å²) in [5.41, 5.74) is -0.418. The molecular formula is C11H23NOS. The second-order valence-electron chi connectivity index (χ2n) is 4.62. The Balaban J connectivity index is 2.21. The van der Waals surface area contributed by atoms with E-state index < -0.39 is 5.60 Å². The molecule has 3 heteroatoms. The molecule has 0 aromatic rings. The van der Waals surface area contributed by atoms with E-state index in [1.807, 2.05) is 6.92 Å². The van der Waals surface area contributed by atoms with Crippen LogP contribution in [0.2, 0.25) is 0 Å². The summed E-state index contributed by atoms with van der Waals surface area (Å²) < 4.78 is 0. The molecule has 1 aliphatic heterocycles. The Morgan fingerprint density at radius 2 is 2.07 bits per heavy atom. The third-order valence-electron chi connectivity index (χ3n) is 3.04. The zero-order valence-corrected chi connectivity index (χ0v) is 10.1. The topological polar surface area (TPSA) is 23.5 Å². The van der Waals surface area contributed by atoms with Crippen molar-refractivity contribution in [2.75, 3.05) is 25.4 Å². The van der Waals surface area contributed by atoms with Crippen molar-refractivity contribution in [3.63, 3.8) is 0 Å². The van der Waals surface area contributed by atoms with Gasteiger partial charge in [0, 0.05) is 6.54 Å². The number of hydrogen-bond acceptors (Lipinski definition) is 3. The summed E-state index contributed by atoms with van der Waals surface area (Å²) in [7, 11) is 0. The van der Waals surface area contributed by atoms with Gasteiger partial charge in [-0.1, -0.05) is 0 Å². The van der Waals surface area contributed by atoms with Crippen molar-refractivity contribution in [3.8, 4) is 0 Å². The number of thiol groups is 1. The average Bonchev–Trinajstić information content (AvgIpc) is 2.28. The van der Waals surface area contributed by atoms with Gasteiger partial charge in [-0.05, 0) is 57.9 Å². The Kier molecular flexibility index (Phi) is 5.28. The van der Waals surface area contributed by atoms with Crippen LogP contribution in [0.1, 0.15) is 39.0 Å². The predicted molar refractivity (Wildman–Crippen MR) is 64.0 cm³/mol. The lowest BCUT2D eigenvalue weighted by Crippen LogP contribution is -2.29. The van der Waals surface area contributed by atoms with Gasteiger partial charge >= 0.3 is 0 Å². The van der Waals surface area contributed by atoms with Crippen LogP contribution in [0, 0.1) is 0 Å². The van der Waals surface area contributed by atoms with Crippen molar-refractivity contribution in [3.05, 3.63) is 0 Å². The molecule has 1 saturated heterocycles. The molecule has 1 unspecified atom stereocenters. The molecular weight excluding hydrogens is 194 g/mol. The van der Waals surface area contributed by atoms with Crippen LogP contribution >= 0.6 is 12.6 Å². The van der Waals surface area contributed by atoms with Crippen LogP contribution in [0.4, 0.5) is 0 Å². The van der Waals surface area contributed by atoms with Crippen molar-refractivity contribution in [2.24, 2.45) is 0 Å². The summed E-state index contributed by atoms with van der Waals surface area (Å²) in [6.45, 7) is 5.35. The molecule has 0 aliphatic carbocycles. The van der Waals surface area contributed by atoms with E-state index in [1.54, 1.807) is 0 Å². The van der Waals surface area contributed by atoms with Gasteiger partial charge in [-0.15, -0.1) is 0 Å². The molecule has 1 rings (SSSR count). The van der Waals surface area contributed by atoms with Crippen LogP contribution in [0.3, 0.4) is 0 Å². The number of rotatable bonds is 4. The van der Waals surface area contributed by atoms with E-state index in [0.29, 0.717) is 0 Å². The molecule has 84 valence electrons. The Labute approximate surface area is 93.1 Å². The van der Waals surface area contributed by atoms with Crippen LogP contribution in [0.15, 0.2) is 0 Å². The molecule has 1 heterocycles. The van der Waals surface area contributed by atoms with Crippen molar-refractivity contribution in [1.82, 2.24) is 4.90 Å². The summed E-state index contributed by atoms with van der Waals surface area (Å²) in [5.74, 6) is 0.992. The quantitative estimate of drug-likeness (QED) is 0.555. The molecule has 0 amide bonds. The minimum Gasteiger partial charge on any atom is -0.390 e. The molecule has 1 atom stereocenters. The summed E-state index contributed by atoms with van der Waals surface area (Å²) in [6.07, 6.45) is 5.46. The van der Waals surface area contributed by atoms with E-state index in [-0.39, 0.29) is 0 Å². The van der Waals surface area contributed by atoms with Crippen LogP contribution in [0.5, 0.6) is 0 Å². The van der Waals surface area contributed by atoms with E-state index in [2.05, 4.69) is 17.5 Å². The highest BCUT2D eigenvalue weighted by molar-refractivity contribution is 7.80. The molecule has 0 saturated carbocycles. The molecule has 1 aliphatic rings. The number of nitrogens with zero attached hydrogens (tertiary/aromatic N) is 1. The lowest BCUT2D eigenvalue weighted by atomic mass is 9.98. The van der Waals surface area contributed by atoms with Crippen LogP contribution < -0.4 is 0 Å². The van der Waals surface area contributed by atoms with Gasteiger partial charge < -0.3 is 10.0 Å². The van der Waals surface area contributed by atoms with Gasteiger partial charge in [0.1, 0.15) is 0 Å². The van der Waals surface area contributed by atoms with Crippen LogP contribution in [-0.2, 0) is 0 Å². The molecule has 0 spiro atoms. The van der Waals surface area contributed by atoms with E-state index in [0.717, 1.165) is 38.1 Å². The maximum Gasteiger partial charge on any atom is 0.0632 e. The van der Waals surface area contributed by atoms with Gasteiger partial charge in [0.05, 0.1) is 5.60 Å². The summed E-state index contributed by atoms with van der Waals surface area (Å²) >= 11 is 4.21. The zero-order chi connectivity index (χ0) is 10.4. The smallest absolute Gasteiger partial charge is 0.0632 e. The van der Waals surface area contributed by atoms with Crippen molar-refractivity contribution < 1.29 is 5.11 Å². The normalized spacial score (nSPS) is 30.2. The summed E-state index contributed by atoms with van der Waals surface area (Å²) in [4.78, 5) is 2.48. The van der Waals surface area contributed by atoms with Crippen molar-refractivity contribution >= 4 is 12.6 Å². The minimum atomic E-state index is -0.418. The summed E-state index contributed by atoms with van der Waals surface area (Å²) in [5, 5.41) is 9.90. The van der Waals surface area contributed by atoms with E-state index in [4.69, 9.17) is 0 Å². The van der Waals surface area contributed by atoms with Crippen molar-refractivity contribution in [2.45, 2.75) is 44.6 Å². The minimum absolute atomic E-state index is 0.418. The highest BCUT2D eigenvalue weighted by Crippen LogP contribution is 2.21. The Morgan fingerprint density at radius 1 is 1.29 bits per heavy atom. The molecule has 14 heavy (non-hydrogen) atoms. The first-order chi connectivity index (χ1) is 6.64. The largest absolute Gasteiger partial charge is 0.390 e. The van der Waals surface area contributed by atoms with Gasteiger partial charge in [-0.25, -0.2) is 0 Å². The van der Waals surface area contributed by atoms with Crippen LogP contribution in [0.25, 0.3) is 0 Å². The van der Waals surface area contributed by atoms with Crippen molar-refractivity contribution in [1.29, 1.82) is 0 Å². The maximum atomic E-state index is 9.90. The number of hydrogen-bond donors (Lipinski definition) is 2. The number of aliphatic hydroxyl groups is 1. The van der Waals surface area contributed by atoms with Crippen LogP contribution in [-0.4, -0.2) is 41.0 Å². The fourth-order valence-corrected chi connectivity index (χ4v) is 2.21. The van der Waals surface area contributed by atoms with Gasteiger partial charge in [-0.2, -0.15) is 12.6 Å². The predicted octanol–water partition coefficient (Wildman–Crippen LogP) is 1.93. The Morgan fingerprint density at radius 3 is 2.79 bits per heavy atom. The lowest BCUT2D eigenvalue weighted by molar-refractivity contribution is 0.0446. The molecule has 0 bridgehead atoms. The third kappa shape index (κ3) is 4.67. The second kappa shape index (κ2) is 5.99.